The van der Waals surface area contributed by atoms with Gasteiger partial charge in [0.1, 0.15) is 0 Å². The highest BCUT2D eigenvalue weighted by molar-refractivity contribution is 5.57. The number of aryl methyl sites for hydroxylation is 1. The average Bonchev–Trinajstić information content (AvgIpc) is 2.60. The lowest BCUT2D eigenvalue weighted by Crippen LogP contribution is -2.31. The molecule has 5 heteroatoms. The van der Waals surface area contributed by atoms with Gasteiger partial charge in [-0.25, -0.2) is 4.98 Å². The van der Waals surface area contributed by atoms with E-state index < -0.39 is 0 Å². The molecule has 1 aliphatic rings. The molecule has 2 rings (SSSR count). The Labute approximate surface area is 107 Å². The molecule has 1 aliphatic carbocycles. The summed E-state index contributed by atoms with van der Waals surface area (Å²) >= 11 is 0. The van der Waals surface area contributed by atoms with Crippen molar-refractivity contribution in [3.8, 4) is 0 Å². The minimum atomic E-state index is -0.371. The van der Waals surface area contributed by atoms with E-state index in [0.717, 1.165) is 24.8 Å². The van der Waals surface area contributed by atoms with Gasteiger partial charge < -0.3 is 5.32 Å². The van der Waals surface area contributed by atoms with E-state index in [-0.39, 0.29) is 22.1 Å². The number of rotatable bonds is 3. The van der Waals surface area contributed by atoms with Crippen LogP contribution in [0.25, 0.3) is 0 Å². The molecule has 1 atom stereocenters. The monoisotopic (exact) mass is 249 g/mol. The van der Waals surface area contributed by atoms with Crippen molar-refractivity contribution in [3.63, 3.8) is 0 Å². The minimum Gasteiger partial charge on any atom is -0.361 e. The zero-order valence-corrected chi connectivity index (χ0v) is 11.1. The molecule has 18 heavy (non-hydrogen) atoms. The van der Waals surface area contributed by atoms with Crippen LogP contribution in [-0.2, 0) is 0 Å². The summed E-state index contributed by atoms with van der Waals surface area (Å²) in [5, 5.41) is 14.3. The second-order valence-corrected chi connectivity index (χ2v) is 5.72. The second kappa shape index (κ2) is 4.55. The number of anilines is 1. The van der Waals surface area contributed by atoms with E-state index in [0.29, 0.717) is 5.82 Å². The number of hydrogen-bond acceptors (Lipinski definition) is 4. The third kappa shape index (κ3) is 2.44. The number of nitro groups is 1. The second-order valence-electron chi connectivity index (χ2n) is 5.72. The summed E-state index contributed by atoms with van der Waals surface area (Å²) in [5.41, 5.74) is 1.04. The molecule has 0 spiro atoms. The topological polar surface area (TPSA) is 68.1 Å². The Morgan fingerprint density at radius 1 is 1.56 bits per heavy atom. The van der Waals surface area contributed by atoms with Crippen LogP contribution < -0.4 is 5.32 Å². The van der Waals surface area contributed by atoms with Gasteiger partial charge in [-0.3, -0.25) is 10.1 Å². The van der Waals surface area contributed by atoms with Crippen LogP contribution in [-0.4, -0.2) is 15.9 Å². The molecule has 5 nitrogen and oxygen atoms in total. The van der Waals surface area contributed by atoms with Crippen LogP contribution in [0.5, 0.6) is 0 Å². The first kappa shape index (κ1) is 12.8. The van der Waals surface area contributed by atoms with Crippen molar-refractivity contribution in [2.45, 2.75) is 46.1 Å². The predicted molar refractivity (Wildman–Crippen MR) is 70.7 cm³/mol. The number of aromatic nitrogens is 1. The number of nitrogens with one attached hydrogen (secondary N) is 1. The molecule has 1 fully saturated rings. The van der Waals surface area contributed by atoms with Crippen LogP contribution in [0.4, 0.5) is 11.5 Å². The lowest BCUT2D eigenvalue weighted by Gasteiger charge is -2.28. The molecule has 1 aromatic rings. The van der Waals surface area contributed by atoms with E-state index in [2.05, 4.69) is 24.1 Å². The van der Waals surface area contributed by atoms with Crippen LogP contribution in [0.1, 0.15) is 38.7 Å². The number of hydrogen-bond donors (Lipinski definition) is 1. The van der Waals surface area contributed by atoms with Crippen molar-refractivity contribution in [2.75, 3.05) is 5.32 Å². The van der Waals surface area contributed by atoms with Crippen molar-refractivity contribution in [3.05, 3.63) is 27.9 Å². The summed E-state index contributed by atoms with van der Waals surface area (Å²) in [5.74, 6) is 0.394. The molecule has 0 radical (unpaired) electrons. The summed E-state index contributed by atoms with van der Waals surface area (Å²) in [7, 11) is 0. The first-order valence-electron chi connectivity index (χ1n) is 6.28. The van der Waals surface area contributed by atoms with Gasteiger partial charge >= 0.3 is 5.69 Å². The Balaban J connectivity index is 2.26. The van der Waals surface area contributed by atoms with Gasteiger partial charge in [0.2, 0.25) is 5.82 Å². The average molecular weight is 249 g/mol. The van der Waals surface area contributed by atoms with Gasteiger partial charge in [0, 0.05) is 18.3 Å². The SMILES string of the molecule is Cc1cnc(NC2CCCC2(C)C)c([N+](=O)[O-])c1. The predicted octanol–water partition coefficient (Wildman–Crippen LogP) is 3.29. The van der Waals surface area contributed by atoms with E-state index in [9.17, 15) is 10.1 Å². The lowest BCUT2D eigenvalue weighted by atomic mass is 9.87. The molecule has 0 aromatic carbocycles. The highest BCUT2D eigenvalue weighted by Gasteiger charge is 2.35. The van der Waals surface area contributed by atoms with Crippen LogP contribution >= 0.6 is 0 Å². The number of pyridine rings is 1. The molecule has 0 amide bonds. The van der Waals surface area contributed by atoms with Gasteiger partial charge in [-0.05, 0) is 30.7 Å². The molecule has 0 saturated heterocycles. The molecule has 1 saturated carbocycles. The first-order chi connectivity index (χ1) is 8.40. The van der Waals surface area contributed by atoms with Crippen LogP contribution in [0.3, 0.4) is 0 Å². The third-order valence-corrected chi connectivity index (χ3v) is 3.77. The first-order valence-corrected chi connectivity index (χ1v) is 6.28. The smallest absolute Gasteiger partial charge is 0.311 e. The van der Waals surface area contributed by atoms with Crippen molar-refractivity contribution in [1.82, 2.24) is 4.98 Å². The Kier molecular flexibility index (Phi) is 3.24. The maximum absolute atomic E-state index is 11.0. The lowest BCUT2D eigenvalue weighted by molar-refractivity contribution is -0.384. The fraction of sp³-hybridized carbons (Fsp3) is 0.615. The quantitative estimate of drug-likeness (QED) is 0.659. The standard InChI is InChI=1S/C13H19N3O2/c1-9-7-10(16(17)18)12(14-8-9)15-11-5-4-6-13(11,2)3/h7-8,11H,4-6H2,1-3H3,(H,14,15). The van der Waals surface area contributed by atoms with Gasteiger partial charge in [-0.15, -0.1) is 0 Å². The Morgan fingerprint density at radius 3 is 2.83 bits per heavy atom. The maximum Gasteiger partial charge on any atom is 0.311 e. The largest absolute Gasteiger partial charge is 0.361 e. The third-order valence-electron chi connectivity index (χ3n) is 3.77. The fourth-order valence-corrected chi connectivity index (χ4v) is 2.56. The van der Waals surface area contributed by atoms with Crippen molar-refractivity contribution >= 4 is 11.5 Å². The van der Waals surface area contributed by atoms with E-state index in [4.69, 9.17) is 0 Å². The summed E-state index contributed by atoms with van der Waals surface area (Å²) in [6, 6.07) is 1.82. The molecule has 1 unspecified atom stereocenters. The maximum atomic E-state index is 11.0. The van der Waals surface area contributed by atoms with Crippen LogP contribution in [0.15, 0.2) is 12.3 Å². The zero-order valence-electron chi connectivity index (χ0n) is 11.1. The van der Waals surface area contributed by atoms with Crippen molar-refractivity contribution in [2.24, 2.45) is 5.41 Å². The Morgan fingerprint density at radius 2 is 2.28 bits per heavy atom. The Bertz CT molecular complexity index is 471. The van der Waals surface area contributed by atoms with Crippen LogP contribution in [0.2, 0.25) is 0 Å². The number of nitrogens with zero attached hydrogens (tertiary/aromatic N) is 2. The highest BCUT2D eigenvalue weighted by Crippen LogP contribution is 2.39. The zero-order chi connectivity index (χ0) is 13.3. The van der Waals surface area contributed by atoms with Gasteiger partial charge in [0.15, 0.2) is 0 Å². The molecule has 98 valence electrons. The van der Waals surface area contributed by atoms with E-state index in [1.54, 1.807) is 12.3 Å². The normalized spacial score (nSPS) is 21.8. The van der Waals surface area contributed by atoms with Crippen LogP contribution in [0, 0.1) is 22.5 Å². The molecule has 0 aliphatic heterocycles. The van der Waals surface area contributed by atoms with Gasteiger partial charge in [0.05, 0.1) is 4.92 Å². The molecule has 1 aromatic heterocycles. The van der Waals surface area contributed by atoms with Crippen molar-refractivity contribution in [1.29, 1.82) is 0 Å². The van der Waals surface area contributed by atoms with E-state index in [1.165, 1.54) is 0 Å². The van der Waals surface area contributed by atoms with Crippen molar-refractivity contribution < 1.29 is 4.92 Å². The summed E-state index contributed by atoms with van der Waals surface area (Å²) in [4.78, 5) is 14.8. The summed E-state index contributed by atoms with van der Waals surface area (Å²) in [6.45, 7) is 6.19. The molecule has 0 bridgehead atoms. The van der Waals surface area contributed by atoms with Gasteiger partial charge in [-0.2, -0.15) is 0 Å². The van der Waals surface area contributed by atoms with Gasteiger partial charge in [0.25, 0.3) is 0 Å². The molecule has 1 N–H and O–H groups in total. The molecule has 1 heterocycles. The highest BCUT2D eigenvalue weighted by atomic mass is 16.6. The molecular weight excluding hydrogens is 230 g/mol. The van der Waals surface area contributed by atoms with Gasteiger partial charge in [-0.1, -0.05) is 20.3 Å². The summed E-state index contributed by atoms with van der Waals surface area (Å²) < 4.78 is 0. The fourth-order valence-electron chi connectivity index (χ4n) is 2.56. The van der Waals surface area contributed by atoms with E-state index in [1.807, 2.05) is 6.92 Å². The molecular formula is C13H19N3O2. The van der Waals surface area contributed by atoms with E-state index >= 15 is 0 Å². The minimum absolute atomic E-state index is 0.0673. The Hall–Kier alpha value is -1.65. The summed E-state index contributed by atoms with van der Waals surface area (Å²) in [6.07, 6.45) is 5.01.